The Balaban J connectivity index is 2.96. The molecule has 1 aromatic rings. The van der Waals surface area contributed by atoms with Crippen LogP contribution in [0.25, 0.3) is 0 Å². The van der Waals surface area contributed by atoms with E-state index in [9.17, 15) is 4.79 Å². The van der Waals surface area contributed by atoms with Crippen molar-refractivity contribution in [2.75, 3.05) is 0 Å². The molecule has 0 radical (unpaired) electrons. The summed E-state index contributed by atoms with van der Waals surface area (Å²) in [4.78, 5) is 11.2. The molecule has 1 heteroatoms. The zero-order valence-corrected chi connectivity index (χ0v) is 9.16. The van der Waals surface area contributed by atoms with Crippen molar-refractivity contribution in [2.24, 2.45) is 5.92 Å². The van der Waals surface area contributed by atoms with Gasteiger partial charge >= 0.3 is 0 Å². The quantitative estimate of drug-likeness (QED) is 0.666. The first-order valence-electron chi connectivity index (χ1n) is 5.10. The Morgan fingerprint density at radius 3 is 2.29 bits per heavy atom. The van der Waals surface area contributed by atoms with Crippen molar-refractivity contribution < 1.29 is 4.79 Å². The van der Waals surface area contributed by atoms with Crippen molar-refractivity contribution in [3.63, 3.8) is 0 Å². The standard InChI is InChI=1S/C13H18O/c1-11(2)9-13(3,10-14)12-7-5-4-6-8-12/h4-8,10-11H,9H2,1-3H3. The van der Waals surface area contributed by atoms with E-state index in [2.05, 4.69) is 13.8 Å². The lowest BCUT2D eigenvalue weighted by Gasteiger charge is -2.25. The highest BCUT2D eigenvalue weighted by Gasteiger charge is 2.26. The van der Waals surface area contributed by atoms with Crippen LogP contribution >= 0.6 is 0 Å². The largest absolute Gasteiger partial charge is 0.302 e. The van der Waals surface area contributed by atoms with E-state index >= 15 is 0 Å². The third kappa shape index (κ3) is 2.44. The van der Waals surface area contributed by atoms with Crippen molar-refractivity contribution in [3.05, 3.63) is 35.9 Å². The minimum atomic E-state index is -0.324. The van der Waals surface area contributed by atoms with Gasteiger partial charge in [-0.3, -0.25) is 0 Å². The Morgan fingerprint density at radius 2 is 1.86 bits per heavy atom. The first-order valence-corrected chi connectivity index (χ1v) is 5.10. The number of carbonyl (C=O) groups is 1. The SMILES string of the molecule is CC(C)CC(C)(C=O)c1ccccc1. The van der Waals surface area contributed by atoms with Crippen molar-refractivity contribution in [1.29, 1.82) is 0 Å². The summed E-state index contributed by atoms with van der Waals surface area (Å²) in [5, 5.41) is 0. The second kappa shape index (κ2) is 4.41. The lowest BCUT2D eigenvalue weighted by atomic mass is 9.77. The van der Waals surface area contributed by atoms with Crippen LogP contribution in [0.15, 0.2) is 30.3 Å². The van der Waals surface area contributed by atoms with Crippen LogP contribution in [0, 0.1) is 5.92 Å². The molecule has 76 valence electrons. The van der Waals surface area contributed by atoms with Crippen LogP contribution in [-0.4, -0.2) is 6.29 Å². The summed E-state index contributed by atoms with van der Waals surface area (Å²) in [6.07, 6.45) is 1.98. The van der Waals surface area contributed by atoms with Crippen LogP contribution in [0.3, 0.4) is 0 Å². The topological polar surface area (TPSA) is 17.1 Å². The Kier molecular flexibility index (Phi) is 3.45. The molecule has 0 aliphatic carbocycles. The fraction of sp³-hybridized carbons (Fsp3) is 0.462. The molecule has 0 fully saturated rings. The van der Waals surface area contributed by atoms with Crippen molar-refractivity contribution >= 4 is 6.29 Å². The van der Waals surface area contributed by atoms with Gasteiger partial charge in [0.05, 0.1) is 0 Å². The molecular weight excluding hydrogens is 172 g/mol. The Bertz CT molecular complexity index is 289. The molecule has 0 spiro atoms. The summed E-state index contributed by atoms with van der Waals surface area (Å²) in [5.41, 5.74) is 0.791. The number of aldehydes is 1. The monoisotopic (exact) mass is 190 g/mol. The molecule has 1 aromatic carbocycles. The van der Waals surface area contributed by atoms with Gasteiger partial charge in [0.25, 0.3) is 0 Å². The minimum absolute atomic E-state index is 0.324. The fourth-order valence-electron chi connectivity index (χ4n) is 1.90. The maximum atomic E-state index is 11.2. The summed E-state index contributed by atoms with van der Waals surface area (Å²) < 4.78 is 0. The highest BCUT2D eigenvalue weighted by atomic mass is 16.1. The van der Waals surface area contributed by atoms with Gasteiger partial charge in [0, 0.05) is 5.41 Å². The zero-order chi connectivity index (χ0) is 10.6. The molecular formula is C13H18O. The first kappa shape index (κ1) is 11.0. The molecule has 0 amide bonds. The molecule has 0 aliphatic heterocycles. The van der Waals surface area contributed by atoms with E-state index in [1.165, 1.54) is 0 Å². The number of rotatable bonds is 4. The van der Waals surface area contributed by atoms with Gasteiger partial charge < -0.3 is 4.79 Å². The molecule has 0 aromatic heterocycles. The van der Waals surface area contributed by atoms with Crippen LogP contribution < -0.4 is 0 Å². The summed E-state index contributed by atoms with van der Waals surface area (Å²) in [5.74, 6) is 0.533. The van der Waals surface area contributed by atoms with Gasteiger partial charge in [-0.15, -0.1) is 0 Å². The normalized spacial score (nSPS) is 15.1. The van der Waals surface area contributed by atoms with Crippen LogP contribution in [-0.2, 0) is 10.2 Å². The van der Waals surface area contributed by atoms with Crippen molar-refractivity contribution in [1.82, 2.24) is 0 Å². The Hall–Kier alpha value is -1.11. The van der Waals surface area contributed by atoms with Gasteiger partial charge in [-0.1, -0.05) is 44.2 Å². The summed E-state index contributed by atoms with van der Waals surface area (Å²) in [6, 6.07) is 9.99. The van der Waals surface area contributed by atoms with E-state index in [0.29, 0.717) is 5.92 Å². The Labute approximate surface area is 86.1 Å². The minimum Gasteiger partial charge on any atom is -0.302 e. The molecule has 0 aliphatic rings. The van der Waals surface area contributed by atoms with Gasteiger partial charge in [0.15, 0.2) is 0 Å². The average molecular weight is 190 g/mol. The highest BCUT2D eigenvalue weighted by molar-refractivity contribution is 5.67. The van der Waals surface area contributed by atoms with Crippen molar-refractivity contribution in [3.8, 4) is 0 Å². The van der Waals surface area contributed by atoms with E-state index < -0.39 is 0 Å². The number of hydrogen-bond acceptors (Lipinski definition) is 1. The predicted molar refractivity (Wildman–Crippen MR) is 59.3 cm³/mol. The maximum absolute atomic E-state index is 11.2. The third-order valence-electron chi connectivity index (χ3n) is 2.53. The van der Waals surface area contributed by atoms with E-state index in [1.54, 1.807) is 0 Å². The predicted octanol–water partition coefficient (Wildman–Crippen LogP) is 3.19. The summed E-state index contributed by atoms with van der Waals surface area (Å²) in [6.45, 7) is 6.30. The van der Waals surface area contributed by atoms with Gasteiger partial charge in [-0.2, -0.15) is 0 Å². The van der Waals surface area contributed by atoms with Crippen LogP contribution in [0.5, 0.6) is 0 Å². The van der Waals surface area contributed by atoms with Gasteiger partial charge in [-0.05, 0) is 24.8 Å². The van der Waals surface area contributed by atoms with E-state index in [4.69, 9.17) is 0 Å². The molecule has 1 unspecified atom stereocenters. The second-order valence-electron chi connectivity index (χ2n) is 4.50. The highest BCUT2D eigenvalue weighted by Crippen LogP contribution is 2.28. The average Bonchev–Trinajstić information content (AvgIpc) is 2.18. The molecule has 0 saturated carbocycles. The smallest absolute Gasteiger partial charge is 0.130 e. The molecule has 0 heterocycles. The fourth-order valence-corrected chi connectivity index (χ4v) is 1.90. The van der Waals surface area contributed by atoms with Crippen LogP contribution in [0.1, 0.15) is 32.8 Å². The molecule has 1 rings (SSSR count). The third-order valence-corrected chi connectivity index (χ3v) is 2.53. The molecule has 0 bridgehead atoms. The van der Waals surface area contributed by atoms with E-state index in [-0.39, 0.29) is 5.41 Å². The van der Waals surface area contributed by atoms with Crippen LogP contribution in [0.4, 0.5) is 0 Å². The molecule has 0 saturated heterocycles. The first-order chi connectivity index (χ1) is 6.58. The number of carbonyl (C=O) groups excluding carboxylic acids is 1. The molecule has 0 N–H and O–H groups in total. The summed E-state index contributed by atoms with van der Waals surface area (Å²) >= 11 is 0. The summed E-state index contributed by atoms with van der Waals surface area (Å²) in [7, 11) is 0. The van der Waals surface area contributed by atoms with Gasteiger partial charge in [0.1, 0.15) is 6.29 Å². The molecule has 1 nitrogen and oxygen atoms in total. The van der Waals surface area contributed by atoms with Crippen molar-refractivity contribution in [2.45, 2.75) is 32.6 Å². The van der Waals surface area contributed by atoms with E-state index in [1.807, 2.05) is 37.3 Å². The zero-order valence-electron chi connectivity index (χ0n) is 9.16. The molecule has 14 heavy (non-hydrogen) atoms. The van der Waals surface area contributed by atoms with E-state index in [0.717, 1.165) is 18.3 Å². The van der Waals surface area contributed by atoms with Gasteiger partial charge in [0.2, 0.25) is 0 Å². The Morgan fingerprint density at radius 1 is 1.29 bits per heavy atom. The number of hydrogen-bond donors (Lipinski definition) is 0. The van der Waals surface area contributed by atoms with Gasteiger partial charge in [-0.25, -0.2) is 0 Å². The second-order valence-corrected chi connectivity index (χ2v) is 4.50. The lowest BCUT2D eigenvalue weighted by molar-refractivity contribution is -0.112. The lowest BCUT2D eigenvalue weighted by Crippen LogP contribution is -2.25. The number of benzene rings is 1. The molecule has 1 atom stereocenters. The maximum Gasteiger partial charge on any atom is 0.130 e. The van der Waals surface area contributed by atoms with Crippen LogP contribution in [0.2, 0.25) is 0 Å².